The standard InChI is InChI=1S/C12H24O2/c1-3-4-8-14-10-11-9-12(11,2)6-5-7-13/h11,13H,3-10H2,1-2H3/t11-,12+/m0/s1. The van der Waals surface area contributed by atoms with E-state index in [2.05, 4.69) is 13.8 Å². The molecule has 14 heavy (non-hydrogen) atoms. The Kier molecular flexibility index (Phi) is 4.90. The molecule has 0 spiro atoms. The van der Waals surface area contributed by atoms with Gasteiger partial charge in [0.05, 0.1) is 0 Å². The van der Waals surface area contributed by atoms with E-state index in [0.29, 0.717) is 12.0 Å². The van der Waals surface area contributed by atoms with Crippen molar-refractivity contribution in [3.05, 3.63) is 0 Å². The molecule has 0 saturated heterocycles. The molecule has 84 valence electrons. The minimum absolute atomic E-state index is 0.332. The van der Waals surface area contributed by atoms with Gasteiger partial charge in [0, 0.05) is 19.8 Å². The number of unbranched alkanes of at least 4 members (excludes halogenated alkanes) is 1. The minimum atomic E-state index is 0.332. The summed E-state index contributed by atoms with van der Waals surface area (Å²) in [5, 5.41) is 8.76. The summed E-state index contributed by atoms with van der Waals surface area (Å²) in [5.74, 6) is 0.755. The zero-order valence-electron chi connectivity index (χ0n) is 9.59. The fraction of sp³-hybridized carbons (Fsp3) is 1.00. The highest BCUT2D eigenvalue weighted by atomic mass is 16.5. The van der Waals surface area contributed by atoms with Gasteiger partial charge in [-0.1, -0.05) is 20.3 Å². The van der Waals surface area contributed by atoms with E-state index in [1.807, 2.05) is 0 Å². The van der Waals surface area contributed by atoms with Crippen molar-refractivity contribution in [1.29, 1.82) is 0 Å². The van der Waals surface area contributed by atoms with E-state index in [1.165, 1.54) is 19.3 Å². The molecule has 0 radical (unpaired) electrons. The van der Waals surface area contributed by atoms with Crippen LogP contribution in [-0.2, 0) is 4.74 Å². The number of aliphatic hydroxyl groups is 1. The van der Waals surface area contributed by atoms with Gasteiger partial charge in [0.25, 0.3) is 0 Å². The molecule has 1 N–H and O–H groups in total. The number of ether oxygens (including phenoxy) is 1. The van der Waals surface area contributed by atoms with Crippen molar-refractivity contribution >= 4 is 0 Å². The normalized spacial score (nSPS) is 30.6. The summed E-state index contributed by atoms with van der Waals surface area (Å²) in [4.78, 5) is 0. The molecule has 2 nitrogen and oxygen atoms in total. The van der Waals surface area contributed by atoms with Crippen LogP contribution in [0.25, 0.3) is 0 Å². The number of hydrogen-bond donors (Lipinski definition) is 1. The third-order valence-corrected chi connectivity index (χ3v) is 3.41. The van der Waals surface area contributed by atoms with Gasteiger partial charge in [0.1, 0.15) is 0 Å². The number of hydrogen-bond acceptors (Lipinski definition) is 2. The summed E-state index contributed by atoms with van der Waals surface area (Å²) in [6.07, 6.45) is 5.79. The van der Waals surface area contributed by atoms with Gasteiger partial charge in [-0.25, -0.2) is 0 Å². The summed E-state index contributed by atoms with van der Waals surface area (Å²) < 4.78 is 5.61. The highest BCUT2D eigenvalue weighted by molar-refractivity contribution is 4.98. The average molecular weight is 200 g/mol. The second kappa shape index (κ2) is 5.72. The van der Waals surface area contributed by atoms with Gasteiger partial charge in [-0.2, -0.15) is 0 Å². The van der Waals surface area contributed by atoms with Crippen LogP contribution in [0.5, 0.6) is 0 Å². The van der Waals surface area contributed by atoms with E-state index in [1.54, 1.807) is 0 Å². The smallest absolute Gasteiger partial charge is 0.0499 e. The first kappa shape index (κ1) is 12.0. The van der Waals surface area contributed by atoms with Crippen LogP contribution in [-0.4, -0.2) is 24.9 Å². The van der Waals surface area contributed by atoms with Gasteiger partial charge < -0.3 is 9.84 Å². The second-order valence-corrected chi connectivity index (χ2v) is 4.81. The van der Waals surface area contributed by atoms with Crippen LogP contribution in [0.3, 0.4) is 0 Å². The zero-order valence-corrected chi connectivity index (χ0v) is 9.59. The Labute approximate surface area is 87.7 Å². The molecule has 0 amide bonds. The van der Waals surface area contributed by atoms with Crippen molar-refractivity contribution in [3.63, 3.8) is 0 Å². The third-order valence-electron chi connectivity index (χ3n) is 3.41. The Morgan fingerprint density at radius 2 is 2.21 bits per heavy atom. The van der Waals surface area contributed by atoms with Crippen molar-refractivity contribution in [3.8, 4) is 0 Å². The van der Waals surface area contributed by atoms with E-state index in [4.69, 9.17) is 9.84 Å². The number of aliphatic hydroxyl groups excluding tert-OH is 1. The van der Waals surface area contributed by atoms with Crippen LogP contribution < -0.4 is 0 Å². The van der Waals surface area contributed by atoms with E-state index in [-0.39, 0.29) is 0 Å². The lowest BCUT2D eigenvalue weighted by Crippen LogP contribution is -2.06. The molecule has 0 heterocycles. The Hall–Kier alpha value is -0.0800. The van der Waals surface area contributed by atoms with Crippen LogP contribution in [0.15, 0.2) is 0 Å². The Balaban J connectivity index is 2.00. The molecule has 1 saturated carbocycles. The molecule has 1 aliphatic rings. The summed E-state index contributed by atoms with van der Waals surface area (Å²) in [7, 11) is 0. The molecule has 2 heteroatoms. The van der Waals surface area contributed by atoms with E-state index in [9.17, 15) is 0 Å². The molecule has 0 aromatic heterocycles. The molecule has 0 aromatic carbocycles. The molecule has 1 fully saturated rings. The third kappa shape index (κ3) is 3.58. The SMILES string of the molecule is CCCCOC[C@@H]1C[C@@]1(C)CCCO. The largest absolute Gasteiger partial charge is 0.396 e. The summed E-state index contributed by atoms with van der Waals surface area (Å²) in [6, 6.07) is 0. The van der Waals surface area contributed by atoms with Crippen molar-refractivity contribution in [1.82, 2.24) is 0 Å². The molecular weight excluding hydrogens is 176 g/mol. The van der Waals surface area contributed by atoms with Crippen LogP contribution >= 0.6 is 0 Å². The van der Waals surface area contributed by atoms with Crippen LogP contribution in [0.1, 0.15) is 46.0 Å². The van der Waals surface area contributed by atoms with Gasteiger partial charge in [0.2, 0.25) is 0 Å². The van der Waals surface area contributed by atoms with E-state index >= 15 is 0 Å². The predicted octanol–water partition coefficient (Wildman–Crippen LogP) is 2.60. The Morgan fingerprint density at radius 3 is 2.86 bits per heavy atom. The van der Waals surface area contributed by atoms with Crippen molar-refractivity contribution in [2.75, 3.05) is 19.8 Å². The molecule has 0 bridgehead atoms. The van der Waals surface area contributed by atoms with Crippen molar-refractivity contribution in [2.24, 2.45) is 11.3 Å². The van der Waals surface area contributed by atoms with Gasteiger partial charge in [-0.15, -0.1) is 0 Å². The maximum absolute atomic E-state index is 8.76. The highest BCUT2D eigenvalue weighted by Gasteiger charge is 2.48. The quantitative estimate of drug-likeness (QED) is 0.610. The van der Waals surface area contributed by atoms with Gasteiger partial charge in [0.15, 0.2) is 0 Å². The lowest BCUT2D eigenvalue weighted by Gasteiger charge is -2.10. The fourth-order valence-electron chi connectivity index (χ4n) is 2.03. The molecular formula is C12H24O2. The average Bonchev–Trinajstić information content (AvgIpc) is 2.82. The summed E-state index contributed by atoms with van der Waals surface area (Å²) in [5.41, 5.74) is 0.481. The van der Waals surface area contributed by atoms with E-state index < -0.39 is 0 Å². The highest BCUT2D eigenvalue weighted by Crippen LogP contribution is 2.55. The lowest BCUT2D eigenvalue weighted by atomic mass is 10.0. The van der Waals surface area contributed by atoms with Gasteiger partial charge >= 0.3 is 0 Å². The first-order valence-electron chi connectivity index (χ1n) is 5.91. The van der Waals surface area contributed by atoms with Gasteiger partial charge in [-0.05, 0) is 37.0 Å². The molecule has 0 aliphatic heterocycles. The minimum Gasteiger partial charge on any atom is -0.396 e. The van der Waals surface area contributed by atoms with Crippen molar-refractivity contribution in [2.45, 2.75) is 46.0 Å². The fourth-order valence-corrected chi connectivity index (χ4v) is 2.03. The first-order chi connectivity index (χ1) is 6.73. The first-order valence-corrected chi connectivity index (χ1v) is 5.91. The lowest BCUT2D eigenvalue weighted by molar-refractivity contribution is 0.111. The monoisotopic (exact) mass is 200 g/mol. The molecule has 1 rings (SSSR count). The predicted molar refractivity (Wildman–Crippen MR) is 58.3 cm³/mol. The maximum atomic E-state index is 8.76. The number of rotatable bonds is 8. The Morgan fingerprint density at radius 1 is 1.43 bits per heavy atom. The molecule has 1 aliphatic carbocycles. The van der Waals surface area contributed by atoms with Crippen molar-refractivity contribution < 1.29 is 9.84 Å². The maximum Gasteiger partial charge on any atom is 0.0499 e. The molecule has 0 unspecified atom stereocenters. The summed E-state index contributed by atoms with van der Waals surface area (Å²) in [6.45, 7) is 6.69. The Bertz CT molecular complexity index is 158. The summed E-state index contributed by atoms with van der Waals surface area (Å²) >= 11 is 0. The van der Waals surface area contributed by atoms with Gasteiger partial charge in [-0.3, -0.25) is 0 Å². The molecule has 0 aromatic rings. The zero-order chi connectivity index (χ0) is 10.4. The van der Waals surface area contributed by atoms with Crippen LogP contribution in [0.2, 0.25) is 0 Å². The van der Waals surface area contributed by atoms with E-state index in [0.717, 1.165) is 32.0 Å². The second-order valence-electron chi connectivity index (χ2n) is 4.81. The topological polar surface area (TPSA) is 29.5 Å². The molecule has 2 atom stereocenters. The van der Waals surface area contributed by atoms with Crippen LogP contribution in [0.4, 0.5) is 0 Å². The van der Waals surface area contributed by atoms with Crippen LogP contribution in [0, 0.1) is 11.3 Å².